The smallest absolute Gasteiger partial charge is 0.263 e. The van der Waals surface area contributed by atoms with E-state index in [0.29, 0.717) is 16.7 Å². The van der Waals surface area contributed by atoms with Gasteiger partial charge in [-0.3, -0.25) is 4.72 Å². The zero-order chi connectivity index (χ0) is 17.3. The Kier molecular flexibility index (Phi) is 8.16. The Labute approximate surface area is 171 Å². The van der Waals surface area contributed by atoms with Crippen LogP contribution in [-0.2, 0) is 16.4 Å². The third-order valence-corrected chi connectivity index (χ3v) is 6.60. The molecule has 0 spiro atoms. The molecule has 146 valence electrons. The van der Waals surface area contributed by atoms with Crippen molar-refractivity contribution in [2.75, 3.05) is 31.1 Å². The molecule has 10 heteroatoms. The zero-order valence-corrected chi connectivity index (χ0v) is 17.9. The summed E-state index contributed by atoms with van der Waals surface area (Å²) in [4.78, 5) is 8.13. The number of fused-ring (bicyclic) bond motifs is 1. The van der Waals surface area contributed by atoms with E-state index in [-0.39, 0.29) is 29.7 Å². The molecule has 0 saturated heterocycles. The van der Waals surface area contributed by atoms with Crippen molar-refractivity contribution in [2.45, 2.75) is 30.1 Å². The lowest BCUT2D eigenvalue weighted by atomic mass is 9.91. The summed E-state index contributed by atoms with van der Waals surface area (Å²) < 4.78 is 27.6. The number of aromatic nitrogens is 1. The standard InChI is InChI=1S/C16H22N4O2S2.2ClH/c1-20(2)10-11-4-3-5-14-15(11)18-16(23-14)19-24(21,22)13-8-6-12(17)7-9-13;;/h6-9,11H,3-5,10,17H2,1-2H3,(H,18,19);2*1H. The average molecular weight is 439 g/mol. The lowest BCUT2D eigenvalue weighted by molar-refractivity contribution is 0.350. The van der Waals surface area contributed by atoms with Crippen LogP contribution in [-0.4, -0.2) is 38.9 Å². The maximum atomic E-state index is 12.5. The maximum absolute atomic E-state index is 12.5. The first-order chi connectivity index (χ1) is 11.3. The van der Waals surface area contributed by atoms with E-state index in [9.17, 15) is 8.42 Å². The highest BCUT2D eigenvalue weighted by molar-refractivity contribution is 7.93. The van der Waals surface area contributed by atoms with Gasteiger partial charge in [0, 0.05) is 23.0 Å². The predicted molar refractivity (Wildman–Crippen MR) is 113 cm³/mol. The third-order valence-electron chi connectivity index (χ3n) is 4.07. The lowest BCUT2D eigenvalue weighted by Gasteiger charge is -2.23. The molecule has 1 heterocycles. The van der Waals surface area contributed by atoms with E-state index in [1.807, 2.05) is 14.1 Å². The second-order valence-corrected chi connectivity index (χ2v) is 9.12. The number of nitrogens with one attached hydrogen (secondary N) is 1. The summed E-state index contributed by atoms with van der Waals surface area (Å²) in [7, 11) is 0.456. The molecule has 0 amide bonds. The van der Waals surface area contributed by atoms with Gasteiger partial charge in [0.2, 0.25) is 0 Å². The molecular formula is C16H24Cl2N4O2S2. The van der Waals surface area contributed by atoms with Crippen LogP contribution in [0.5, 0.6) is 0 Å². The fourth-order valence-corrected chi connectivity index (χ4v) is 5.31. The number of nitrogen functional groups attached to an aromatic ring is 1. The average Bonchev–Trinajstić information content (AvgIpc) is 2.90. The van der Waals surface area contributed by atoms with Crippen molar-refractivity contribution in [3.05, 3.63) is 34.8 Å². The lowest BCUT2D eigenvalue weighted by Crippen LogP contribution is -2.23. The molecule has 0 radical (unpaired) electrons. The van der Waals surface area contributed by atoms with E-state index >= 15 is 0 Å². The van der Waals surface area contributed by atoms with Gasteiger partial charge in [-0.1, -0.05) is 0 Å². The Morgan fingerprint density at radius 3 is 2.54 bits per heavy atom. The second-order valence-electron chi connectivity index (χ2n) is 6.35. The van der Waals surface area contributed by atoms with Crippen LogP contribution in [0.4, 0.5) is 10.8 Å². The highest BCUT2D eigenvalue weighted by Gasteiger charge is 2.26. The van der Waals surface area contributed by atoms with Crippen molar-refractivity contribution in [3.63, 3.8) is 0 Å². The summed E-state index contributed by atoms with van der Waals surface area (Å²) in [6.45, 7) is 0.931. The number of hydrogen-bond donors (Lipinski definition) is 2. The Hall–Kier alpha value is -1.06. The van der Waals surface area contributed by atoms with Gasteiger partial charge in [-0.05, 0) is 57.6 Å². The topological polar surface area (TPSA) is 88.3 Å². The quantitative estimate of drug-likeness (QED) is 0.698. The second kappa shape index (κ2) is 9.23. The minimum Gasteiger partial charge on any atom is -0.399 e. The molecule has 1 aromatic heterocycles. The number of hydrogen-bond acceptors (Lipinski definition) is 6. The first-order valence-corrected chi connectivity index (χ1v) is 10.2. The van der Waals surface area contributed by atoms with Gasteiger partial charge in [0.25, 0.3) is 10.0 Å². The SMILES string of the molecule is CN(C)CC1CCCc2sc(NS(=O)(=O)c3ccc(N)cc3)nc21.Cl.Cl. The van der Waals surface area contributed by atoms with Crippen LogP contribution in [0, 0.1) is 0 Å². The minimum atomic E-state index is -3.64. The van der Waals surface area contributed by atoms with E-state index in [1.165, 1.54) is 28.3 Å². The molecule has 26 heavy (non-hydrogen) atoms. The van der Waals surface area contributed by atoms with Gasteiger partial charge < -0.3 is 10.6 Å². The summed E-state index contributed by atoms with van der Waals surface area (Å²) >= 11 is 1.45. The predicted octanol–water partition coefficient (Wildman–Crippen LogP) is 3.35. The molecule has 1 atom stereocenters. The molecule has 1 unspecified atom stereocenters. The number of thiazole rings is 1. The van der Waals surface area contributed by atoms with E-state index in [2.05, 4.69) is 14.6 Å². The van der Waals surface area contributed by atoms with Gasteiger partial charge in [-0.25, -0.2) is 13.4 Å². The molecule has 1 aliphatic rings. The van der Waals surface area contributed by atoms with Crippen LogP contribution < -0.4 is 10.5 Å². The van der Waals surface area contributed by atoms with Crippen LogP contribution in [0.1, 0.15) is 29.3 Å². The first kappa shape index (κ1) is 23.0. The molecule has 1 aliphatic carbocycles. The van der Waals surface area contributed by atoms with E-state index in [4.69, 9.17) is 5.73 Å². The Morgan fingerprint density at radius 2 is 1.92 bits per heavy atom. The van der Waals surface area contributed by atoms with E-state index in [0.717, 1.165) is 31.5 Å². The third kappa shape index (κ3) is 5.23. The Balaban J connectivity index is 0.00000169. The number of sulfonamides is 1. The molecule has 0 aliphatic heterocycles. The minimum absolute atomic E-state index is 0. The van der Waals surface area contributed by atoms with Gasteiger partial charge in [0.05, 0.1) is 10.6 Å². The number of aryl methyl sites for hydroxylation is 1. The van der Waals surface area contributed by atoms with Gasteiger partial charge >= 0.3 is 0 Å². The largest absolute Gasteiger partial charge is 0.399 e. The maximum Gasteiger partial charge on any atom is 0.263 e. The van der Waals surface area contributed by atoms with Crippen molar-refractivity contribution >= 4 is 57.0 Å². The van der Waals surface area contributed by atoms with Crippen molar-refractivity contribution in [1.29, 1.82) is 0 Å². The highest BCUT2D eigenvalue weighted by Crippen LogP contribution is 2.37. The van der Waals surface area contributed by atoms with Crippen LogP contribution in [0.2, 0.25) is 0 Å². The molecule has 3 N–H and O–H groups in total. The van der Waals surface area contributed by atoms with Crippen LogP contribution in [0.15, 0.2) is 29.2 Å². The summed E-state index contributed by atoms with van der Waals surface area (Å²) in [5.41, 5.74) is 7.20. The fraction of sp³-hybridized carbons (Fsp3) is 0.438. The molecule has 0 bridgehead atoms. The number of anilines is 2. The molecule has 2 aromatic rings. The summed E-state index contributed by atoms with van der Waals surface area (Å²) in [6, 6.07) is 6.16. The summed E-state index contributed by atoms with van der Waals surface area (Å²) in [5.74, 6) is 0.370. The normalized spacial score (nSPS) is 16.3. The zero-order valence-electron chi connectivity index (χ0n) is 14.6. The Bertz CT molecular complexity index is 823. The number of benzene rings is 1. The van der Waals surface area contributed by atoms with Crippen LogP contribution in [0.3, 0.4) is 0 Å². The molecule has 0 fully saturated rings. The van der Waals surface area contributed by atoms with Gasteiger partial charge in [-0.15, -0.1) is 36.2 Å². The molecule has 1 aromatic carbocycles. The van der Waals surface area contributed by atoms with Crippen molar-refractivity contribution in [1.82, 2.24) is 9.88 Å². The van der Waals surface area contributed by atoms with Crippen LogP contribution >= 0.6 is 36.2 Å². The number of halogens is 2. The number of nitrogens with two attached hydrogens (primary N) is 1. The fourth-order valence-electron chi connectivity index (χ4n) is 2.99. The highest BCUT2D eigenvalue weighted by atomic mass is 35.5. The number of likely N-dealkylation sites (N-methyl/N-ethyl adjacent to an activating group) is 1. The van der Waals surface area contributed by atoms with Crippen LogP contribution in [0.25, 0.3) is 0 Å². The summed E-state index contributed by atoms with van der Waals surface area (Å²) in [6.07, 6.45) is 3.19. The van der Waals surface area contributed by atoms with Crippen molar-refractivity contribution in [3.8, 4) is 0 Å². The monoisotopic (exact) mass is 438 g/mol. The van der Waals surface area contributed by atoms with Crippen molar-refractivity contribution < 1.29 is 8.42 Å². The molecule has 6 nitrogen and oxygen atoms in total. The molecule has 3 rings (SSSR count). The Morgan fingerprint density at radius 1 is 1.27 bits per heavy atom. The first-order valence-electron chi connectivity index (χ1n) is 7.88. The molecule has 0 saturated carbocycles. The van der Waals surface area contributed by atoms with Gasteiger partial charge in [0.15, 0.2) is 5.13 Å². The van der Waals surface area contributed by atoms with Gasteiger partial charge in [-0.2, -0.15) is 0 Å². The van der Waals surface area contributed by atoms with Crippen molar-refractivity contribution in [2.24, 2.45) is 0 Å². The van der Waals surface area contributed by atoms with Gasteiger partial charge in [0.1, 0.15) is 0 Å². The number of nitrogens with zero attached hydrogens (tertiary/aromatic N) is 2. The number of rotatable bonds is 5. The molecular weight excluding hydrogens is 415 g/mol. The van der Waals surface area contributed by atoms with E-state index in [1.54, 1.807) is 12.1 Å². The van der Waals surface area contributed by atoms with E-state index < -0.39 is 10.0 Å². The summed E-state index contributed by atoms with van der Waals surface area (Å²) in [5, 5.41) is 0.447.